The molecule has 0 saturated carbocycles. The molecule has 0 aromatic heterocycles. The van der Waals surface area contributed by atoms with E-state index in [1.807, 2.05) is 13.8 Å². The summed E-state index contributed by atoms with van der Waals surface area (Å²) in [7, 11) is 3.24. The van der Waals surface area contributed by atoms with Gasteiger partial charge in [0, 0.05) is 26.3 Å². The Hall–Kier alpha value is -2.49. The van der Waals surface area contributed by atoms with Crippen LogP contribution in [0.5, 0.6) is 0 Å². The second-order valence-corrected chi connectivity index (χ2v) is 6.99. The van der Waals surface area contributed by atoms with Gasteiger partial charge in [0.2, 0.25) is 5.91 Å². The van der Waals surface area contributed by atoms with E-state index in [9.17, 15) is 18.0 Å². The van der Waals surface area contributed by atoms with E-state index >= 15 is 0 Å². The molecular formula is C20H26F3N3O. The normalized spacial score (nSPS) is 13.4. The Bertz CT molecular complexity index is 735. The molecule has 0 radical (unpaired) electrons. The van der Waals surface area contributed by atoms with E-state index in [0.29, 0.717) is 12.0 Å². The fourth-order valence-electron chi connectivity index (χ4n) is 2.86. The Balaban J connectivity index is 3.61. The highest BCUT2D eigenvalue weighted by atomic mass is 19.4. The van der Waals surface area contributed by atoms with Crippen molar-refractivity contribution in [2.24, 2.45) is 5.92 Å². The summed E-state index contributed by atoms with van der Waals surface area (Å²) in [5.74, 6) is -0.284. The fourth-order valence-corrected chi connectivity index (χ4v) is 2.86. The third kappa shape index (κ3) is 5.49. The molecule has 0 bridgehead atoms. The van der Waals surface area contributed by atoms with Crippen LogP contribution in [0.4, 0.5) is 18.9 Å². The molecule has 4 nitrogen and oxygen atoms in total. The van der Waals surface area contributed by atoms with Gasteiger partial charge < -0.3 is 9.80 Å². The van der Waals surface area contributed by atoms with Crippen molar-refractivity contribution >= 4 is 11.6 Å². The first-order valence-corrected chi connectivity index (χ1v) is 8.67. The number of alkyl halides is 3. The molecule has 0 spiro atoms. The van der Waals surface area contributed by atoms with Crippen LogP contribution >= 0.6 is 0 Å². The zero-order chi connectivity index (χ0) is 20.9. The summed E-state index contributed by atoms with van der Waals surface area (Å²) in [6.45, 7) is 9.67. The standard InChI is InChI=1S/C20H26F3N3O/c1-7-14(4)18(19(27)25(5)6)26(12-13(2)3)16-9-8-15(11-24)17(10-16)20(21,22)23/h8-10,14,18H,2,7,12H2,1,3-6H3/t14?,18-/m0/s1. The molecule has 1 aromatic carbocycles. The topological polar surface area (TPSA) is 47.3 Å². The number of rotatable bonds is 7. The zero-order valence-corrected chi connectivity index (χ0v) is 16.4. The molecule has 27 heavy (non-hydrogen) atoms. The lowest BCUT2D eigenvalue weighted by Gasteiger charge is -2.38. The maximum absolute atomic E-state index is 13.4. The quantitative estimate of drug-likeness (QED) is 0.655. The predicted octanol–water partition coefficient (Wildman–Crippen LogP) is 4.46. The van der Waals surface area contributed by atoms with Gasteiger partial charge in [-0.3, -0.25) is 4.79 Å². The molecule has 0 heterocycles. The lowest BCUT2D eigenvalue weighted by atomic mass is 9.94. The summed E-state index contributed by atoms with van der Waals surface area (Å²) in [6.07, 6.45) is -3.98. The average Bonchev–Trinajstić information content (AvgIpc) is 2.58. The highest BCUT2D eigenvalue weighted by molar-refractivity contribution is 5.85. The van der Waals surface area contributed by atoms with Crippen LogP contribution in [-0.2, 0) is 11.0 Å². The Morgan fingerprint density at radius 1 is 1.33 bits per heavy atom. The van der Waals surface area contributed by atoms with Gasteiger partial charge in [-0.05, 0) is 31.0 Å². The van der Waals surface area contributed by atoms with Crippen LogP contribution in [0.25, 0.3) is 0 Å². The van der Waals surface area contributed by atoms with Crippen LogP contribution in [0, 0.1) is 17.2 Å². The second kappa shape index (κ2) is 8.94. The Kier molecular flexibility index (Phi) is 7.46. The third-order valence-corrected chi connectivity index (χ3v) is 4.41. The number of nitriles is 1. The predicted molar refractivity (Wildman–Crippen MR) is 100 cm³/mol. The highest BCUT2D eigenvalue weighted by Crippen LogP contribution is 2.35. The largest absolute Gasteiger partial charge is 0.417 e. The van der Waals surface area contributed by atoms with Gasteiger partial charge in [-0.1, -0.05) is 32.4 Å². The summed E-state index contributed by atoms with van der Waals surface area (Å²) in [6, 6.07) is 4.49. The first-order valence-electron chi connectivity index (χ1n) is 8.67. The minimum atomic E-state index is -4.66. The van der Waals surface area contributed by atoms with Crippen molar-refractivity contribution in [3.8, 4) is 6.07 Å². The van der Waals surface area contributed by atoms with Gasteiger partial charge in [0.15, 0.2) is 0 Å². The highest BCUT2D eigenvalue weighted by Gasteiger charge is 2.36. The van der Waals surface area contributed by atoms with Crippen molar-refractivity contribution in [3.05, 3.63) is 41.5 Å². The van der Waals surface area contributed by atoms with Crippen molar-refractivity contribution in [1.29, 1.82) is 5.26 Å². The SMILES string of the molecule is C=C(C)CN(c1ccc(C#N)c(C(F)(F)F)c1)[C@H](C(=O)N(C)C)C(C)CC. The molecule has 0 fully saturated rings. The molecule has 1 amide bonds. The van der Waals surface area contributed by atoms with Gasteiger partial charge in [0.25, 0.3) is 0 Å². The summed E-state index contributed by atoms with van der Waals surface area (Å²) in [4.78, 5) is 15.9. The maximum Gasteiger partial charge on any atom is 0.417 e. The molecule has 0 aliphatic rings. The number of halogens is 3. The third-order valence-electron chi connectivity index (χ3n) is 4.41. The van der Waals surface area contributed by atoms with Gasteiger partial charge >= 0.3 is 6.18 Å². The molecule has 0 aliphatic carbocycles. The molecular weight excluding hydrogens is 355 g/mol. The van der Waals surface area contributed by atoms with Gasteiger partial charge in [-0.25, -0.2) is 0 Å². The zero-order valence-electron chi connectivity index (χ0n) is 16.4. The molecule has 148 valence electrons. The van der Waals surface area contributed by atoms with Crippen LogP contribution in [0.15, 0.2) is 30.4 Å². The van der Waals surface area contributed by atoms with E-state index < -0.39 is 23.3 Å². The number of anilines is 1. The smallest absolute Gasteiger partial charge is 0.355 e. The molecule has 1 rings (SSSR count). The Labute approximate surface area is 158 Å². The van der Waals surface area contributed by atoms with E-state index in [1.165, 1.54) is 11.0 Å². The first kappa shape index (κ1) is 22.6. The number of carbonyl (C=O) groups is 1. The first-order chi connectivity index (χ1) is 12.4. The molecule has 1 aromatic rings. The van der Waals surface area contributed by atoms with E-state index in [1.54, 1.807) is 32.0 Å². The van der Waals surface area contributed by atoms with Gasteiger partial charge in [-0.2, -0.15) is 18.4 Å². The minimum absolute atomic E-state index is 0.0933. The summed E-state index contributed by atoms with van der Waals surface area (Å²) >= 11 is 0. The van der Waals surface area contributed by atoms with Crippen LogP contribution < -0.4 is 4.90 Å². The number of hydrogen-bond donors (Lipinski definition) is 0. The van der Waals surface area contributed by atoms with Crippen LogP contribution in [0.1, 0.15) is 38.3 Å². The van der Waals surface area contributed by atoms with E-state index in [4.69, 9.17) is 5.26 Å². The Morgan fingerprint density at radius 3 is 2.33 bits per heavy atom. The molecule has 2 atom stereocenters. The number of likely N-dealkylation sites (N-methyl/N-ethyl adjacent to an activating group) is 1. The van der Waals surface area contributed by atoms with Crippen LogP contribution in [0.2, 0.25) is 0 Å². The van der Waals surface area contributed by atoms with Crippen molar-refractivity contribution < 1.29 is 18.0 Å². The van der Waals surface area contributed by atoms with Crippen LogP contribution in [0.3, 0.4) is 0 Å². The number of nitrogens with zero attached hydrogens (tertiary/aromatic N) is 3. The van der Waals surface area contributed by atoms with Crippen molar-refractivity contribution in [2.75, 3.05) is 25.5 Å². The van der Waals surface area contributed by atoms with Gasteiger partial charge in [0.05, 0.1) is 17.2 Å². The summed E-state index contributed by atoms with van der Waals surface area (Å²) < 4.78 is 40.2. The Morgan fingerprint density at radius 2 is 1.93 bits per heavy atom. The molecule has 0 aliphatic heterocycles. The maximum atomic E-state index is 13.4. The number of carbonyl (C=O) groups excluding carboxylic acids is 1. The van der Waals surface area contributed by atoms with E-state index in [-0.39, 0.29) is 24.1 Å². The lowest BCUT2D eigenvalue weighted by molar-refractivity contribution is -0.137. The van der Waals surface area contributed by atoms with Gasteiger partial charge in [0.1, 0.15) is 6.04 Å². The van der Waals surface area contributed by atoms with Crippen molar-refractivity contribution in [3.63, 3.8) is 0 Å². The lowest BCUT2D eigenvalue weighted by Crippen LogP contribution is -2.51. The van der Waals surface area contributed by atoms with E-state index in [2.05, 4.69) is 6.58 Å². The molecule has 0 saturated heterocycles. The van der Waals surface area contributed by atoms with Gasteiger partial charge in [-0.15, -0.1) is 0 Å². The van der Waals surface area contributed by atoms with Crippen LogP contribution in [-0.4, -0.2) is 37.5 Å². The van der Waals surface area contributed by atoms with Crippen molar-refractivity contribution in [1.82, 2.24) is 4.90 Å². The second-order valence-electron chi connectivity index (χ2n) is 6.99. The number of hydrogen-bond acceptors (Lipinski definition) is 3. The molecule has 0 N–H and O–H groups in total. The number of benzene rings is 1. The monoisotopic (exact) mass is 381 g/mol. The van der Waals surface area contributed by atoms with Crippen molar-refractivity contribution in [2.45, 2.75) is 39.4 Å². The fraction of sp³-hybridized carbons (Fsp3) is 0.500. The average molecular weight is 381 g/mol. The molecule has 1 unspecified atom stereocenters. The molecule has 7 heteroatoms. The number of amides is 1. The van der Waals surface area contributed by atoms with E-state index in [0.717, 1.165) is 12.1 Å². The minimum Gasteiger partial charge on any atom is -0.355 e. The summed E-state index contributed by atoms with van der Waals surface area (Å²) in [5, 5.41) is 9.01. The summed E-state index contributed by atoms with van der Waals surface area (Å²) in [5.41, 5.74) is -0.493.